The zero-order chi connectivity index (χ0) is 13.2. The molecule has 0 amide bonds. The number of carbonyl (C=O) groups excluding carboxylic acids is 1. The van der Waals surface area contributed by atoms with E-state index < -0.39 is 17.8 Å². The van der Waals surface area contributed by atoms with Gasteiger partial charge in [0.1, 0.15) is 5.69 Å². The summed E-state index contributed by atoms with van der Waals surface area (Å²) in [4.78, 5) is 13.8. The average Bonchev–Trinajstić information content (AvgIpc) is 2.14. The molecule has 0 fully saturated rings. The van der Waals surface area contributed by atoms with Crippen molar-refractivity contribution < 1.29 is 23.1 Å². The van der Waals surface area contributed by atoms with Crippen LogP contribution in [0.3, 0.4) is 0 Å². The van der Waals surface area contributed by atoms with Crippen molar-refractivity contribution in [3.05, 3.63) is 29.1 Å². The fourth-order valence-corrected chi connectivity index (χ4v) is 1.44. The van der Waals surface area contributed by atoms with Crippen molar-refractivity contribution in [1.82, 2.24) is 4.98 Å². The summed E-state index contributed by atoms with van der Waals surface area (Å²) in [5.41, 5.74) is -1.27. The highest BCUT2D eigenvalue weighted by atomic mass is 19.4. The summed E-state index contributed by atoms with van der Waals surface area (Å²) in [6.07, 6.45) is -3.64. The number of rotatable bonds is 3. The molecular formula is C11H11F3NO2-. The van der Waals surface area contributed by atoms with Gasteiger partial charge in [0.15, 0.2) is 0 Å². The summed E-state index contributed by atoms with van der Waals surface area (Å²) in [7, 11) is 0. The lowest BCUT2D eigenvalue weighted by molar-refractivity contribution is -0.255. The van der Waals surface area contributed by atoms with Crippen LogP contribution in [0, 0.1) is 5.92 Å². The topological polar surface area (TPSA) is 53.0 Å². The zero-order valence-corrected chi connectivity index (χ0v) is 9.34. The van der Waals surface area contributed by atoms with Gasteiger partial charge in [0.2, 0.25) is 0 Å². The van der Waals surface area contributed by atoms with Crippen LogP contribution in [-0.4, -0.2) is 11.0 Å². The van der Waals surface area contributed by atoms with E-state index in [1.165, 1.54) is 0 Å². The maximum Gasteiger partial charge on any atom is 0.433 e. The second-order valence-corrected chi connectivity index (χ2v) is 4.11. The first-order chi connectivity index (χ1) is 7.71. The Balaban J connectivity index is 3.24. The van der Waals surface area contributed by atoms with E-state index in [4.69, 9.17) is 0 Å². The molecule has 17 heavy (non-hydrogen) atoms. The SMILES string of the molecule is CC(C)Cc1cc(C(F)(F)F)ncc1C(=O)[O-]. The number of carbonyl (C=O) groups is 1. The fourth-order valence-electron chi connectivity index (χ4n) is 1.44. The molecule has 1 aromatic heterocycles. The largest absolute Gasteiger partial charge is 0.545 e. The maximum atomic E-state index is 12.4. The molecule has 0 bridgehead atoms. The quantitative estimate of drug-likeness (QED) is 0.815. The highest BCUT2D eigenvalue weighted by molar-refractivity contribution is 5.87. The normalized spacial score (nSPS) is 11.9. The molecule has 0 saturated heterocycles. The molecule has 1 heterocycles. The molecule has 1 rings (SSSR count). The van der Waals surface area contributed by atoms with Crippen LogP contribution in [0.2, 0.25) is 0 Å². The van der Waals surface area contributed by atoms with Crippen molar-refractivity contribution in [3.63, 3.8) is 0 Å². The molecule has 6 heteroatoms. The summed E-state index contributed by atoms with van der Waals surface area (Å²) < 4.78 is 37.2. The Bertz CT molecular complexity index is 427. The number of pyridine rings is 1. The number of hydrogen-bond acceptors (Lipinski definition) is 3. The van der Waals surface area contributed by atoms with Crippen LogP contribution >= 0.6 is 0 Å². The van der Waals surface area contributed by atoms with Gasteiger partial charge in [0.05, 0.1) is 5.97 Å². The van der Waals surface area contributed by atoms with E-state index in [-0.39, 0.29) is 23.5 Å². The number of alkyl halides is 3. The highest BCUT2D eigenvalue weighted by Gasteiger charge is 2.33. The molecule has 0 N–H and O–H groups in total. The van der Waals surface area contributed by atoms with Gasteiger partial charge < -0.3 is 9.90 Å². The summed E-state index contributed by atoms with van der Waals surface area (Å²) >= 11 is 0. The minimum atomic E-state index is -4.57. The fraction of sp³-hybridized carbons (Fsp3) is 0.455. The van der Waals surface area contributed by atoms with E-state index in [0.717, 1.165) is 6.07 Å². The van der Waals surface area contributed by atoms with Gasteiger partial charge in [-0.3, -0.25) is 4.98 Å². The van der Waals surface area contributed by atoms with Crippen LogP contribution in [0.5, 0.6) is 0 Å². The Labute approximate surface area is 96.3 Å². The third kappa shape index (κ3) is 3.44. The van der Waals surface area contributed by atoms with Crippen molar-refractivity contribution in [2.24, 2.45) is 5.92 Å². The van der Waals surface area contributed by atoms with Crippen LogP contribution in [-0.2, 0) is 12.6 Å². The van der Waals surface area contributed by atoms with Crippen molar-refractivity contribution in [3.8, 4) is 0 Å². The molecule has 0 radical (unpaired) electrons. The number of halogens is 3. The van der Waals surface area contributed by atoms with Crippen LogP contribution in [0.25, 0.3) is 0 Å². The van der Waals surface area contributed by atoms with Crippen LogP contribution in [0.4, 0.5) is 13.2 Å². The zero-order valence-electron chi connectivity index (χ0n) is 9.34. The van der Waals surface area contributed by atoms with E-state index in [1.807, 2.05) is 0 Å². The number of carboxylic acids is 1. The van der Waals surface area contributed by atoms with Gasteiger partial charge in [-0.25, -0.2) is 0 Å². The molecule has 0 aromatic carbocycles. The number of aromatic carboxylic acids is 1. The first-order valence-electron chi connectivity index (χ1n) is 4.99. The Kier molecular flexibility index (Phi) is 3.75. The van der Waals surface area contributed by atoms with Gasteiger partial charge in [-0.2, -0.15) is 13.2 Å². The molecule has 0 aliphatic heterocycles. The predicted molar refractivity (Wildman–Crippen MR) is 52.1 cm³/mol. The van der Waals surface area contributed by atoms with Crippen molar-refractivity contribution >= 4 is 5.97 Å². The van der Waals surface area contributed by atoms with E-state index in [1.54, 1.807) is 13.8 Å². The van der Waals surface area contributed by atoms with Gasteiger partial charge >= 0.3 is 6.18 Å². The number of nitrogens with zero attached hydrogens (tertiary/aromatic N) is 1. The Morgan fingerprint density at radius 2 is 2.06 bits per heavy atom. The molecule has 0 aliphatic carbocycles. The molecule has 0 saturated carbocycles. The van der Waals surface area contributed by atoms with Gasteiger partial charge in [0, 0.05) is 11.8 Å². The first kappa shape index (κ1) is 13.5. The van der Waals surface area contributed by atoms with Gasteiger partial charge in [0.25, 0.3) is 0 Å². The smallest absolute Gasteiger partial charge is 0.433 e. The van der Waals surface area contributed by atoms with Crippen molar-refractivity contribution in [2.75, 3.05) is 0 Å². The lowest BCUT2D eigenvalue weighted by atomic mass is 9.98. The van der Waals surface area contributed by atoms with Crippen molar-refractivity contribution in [1.29, 1.82) is 0 Å². The minimum absolute atomic E-state index is 0.0385. The second-order valence-electron chi connectivity index (χ2n) is 4.11. The molecule has 94 valence electrons. The lowest BCUT2D eigenvalue weighted by Crippen LogP contribution is -2.25. The molecule has 0 atom stereocenters. The number of carboxylic acid groups (broad SMARTS) is 1. The minimum Gasteiger partial charge on any atom is -0.545 e. The highest BCUT2D eigenvalue weighted by Crippen LogP contribution is 2.29. The van der Waals surface area contributed by atoms with Gasteiger partial charge in [-0.1, -0.05) is 13.8 Å². The Hall–Kier alpha value is -1.59. The van der Waals surface area contributed by atoms with Crippen molar-refractivity contribution in [2.45, 2.75) is 26.4 Å². The third-order valence-corrected chi connectivity index (χ3v) is 2.13. The summed E-state index contributed by atoms with van der Waals surface area (Å²) in [6.45, 7) is 3.57. The van der Waals surface area contributed by atoms with E-state index in [0.29, 0.717) is 6.20 Å². The third-order valence-electron chi connectivity index (χ3n) is 2.13. The second kappa shape index (κ2) is 4.73. The molecule has 0 unspecified atom stereocenters. The summed E-state index contributed by atoms with van der Waals surface area (Å²) in [5.74, 6) is -1.47. The van der Waals surface area contributed by atoms with Crippen LogP contribution in [0.15, 0.2) is 12.3 Å². The predicted octanol–water partition coefficient (Wildman–Crippen LogP) is 1.66. The van der Waals surface area contributed by atoms with Crippen LogP contribution in [0.1, 0.15) is 35.5 Å². The Morgan fingerprint density at radius 3 is 2.47 bits per heavy atom. The molecule has 3 nitrogen and oxygen atoms in total. The van der Waals surface area contributed by atoms with E-state index in [2.05, 4.69) is 4.98 Å². The average molecular weight is 246 g/mol. The Morgan fingerprint density at radius 1 is 1.47 bits per heavy atom. The molecule has 1 aromatic rings. The molecule has 0 spiro atoms. The van der Waals surface area contributed by atoms with E-state index in [9.17, 15) is 23.1 Å². The lowest BCUT2D eigenvalue weighted by Gasteiger charge is -2.14. The summed E-state index contributed by atoms with van der Waals surface area (Å²) in [6, 6.07) is 0.769. The van der Waals surface area contributed by atoms with Crippen LogP contribution < -0.4 is 5.11 Å². The summed E-state index contributed by atoms with van der Waals surface area (Å²) in [5, 5.41) is 10.7. The first-order valence-corrected chi connectivity index (χ1v) is 4.99. The molecular weight excluding hydrogens is 235 g/mol. The number of hydrogen-bond donors (Lipinski definition) is 0. The maximum absolute atomic E-state index is 12.4. The molecule has 0 aliphatic rings. The van der Waals surface area contributed by atoms with Gasteiger partial charge in [-0.15, -0.1) is 0 Å². The number of aromatic nitrogens is 1. The van der Waals surface area contributed by atoms with Gasteiger partial charge in [-0.05, 0) is 24.0 Å². The monoisotopic (exact) mass is 246 g/mol. The van der Waals surface area contributed by atoms with E-state index >= 15 is 0 Å². The standard InChI is InChI=1S/C11H12F3NO2/c1-6(2)3-7-4-9(11(12,13)14)15-5-8(7)10(16)17/h4-6H,3H2,1-2H3,(H,16,17)/p-1.